The second-order valence-electron chi connectivity index (χ2n) is 4.52. The second-order valence-corrected chi connectivity index (χ2v) is 4.52. The van der Waals surface area contributed by atoms with Crippen LogP contribution in [-0.4, -0.2) is 64.6 Å². The fourth-order valence-corrected chi connectivity index (χ4v) is 1.95. The molecule has 0 aliphatic carbocycles. The van der Waals surface area contributed by atoms with E-state index < -0.39 is 0 Å². The molecular formula is C12H26N2O2. The fraction of sp³-hybridized carbons (Fsp3) is 1.00. The van der Waals surface area contributed by atoms with Gasteiger partial charge in [0.05, 0.1) is 6.61 Å². The van der Waals surface area contributed by atoms with Crippen LogP contribution in [0.4, 0.5) is 0 Å². The van der Waals surface area contributed by atoms with Crippen molar-refractivity contribution in [1.29, 1.82) is 0 Å². The summed E-state index contributed by atoms with van der Waals surface area (Å²) >= 11 is 0. The maximum Gasteiger partial charge on any atom is 0.0619 e. The number of rotatable bonds is 8. The minimum atomic E-state index is 0.570. The van der Waals surface area contributed by atoms with Gasteiger partial charge in [-0.25, -0.2) is 0 Å². The first-order valence-corrected chi connectivity index (χ1v) is 6.31. The summed E-state index contributed by atoms with van der Waals surface area (Å²) in [4.78, 5) is 2.34. The van der Waals surface area contributed by atoms with Gasteiger partial charge in [-0.05, 0) is 26.3 Å². The van der Waals surface area contributed by atoms with E-state index in [0.717, 1.165) is 45.9 Å². The maximum absolute atomic E-state index is 5.43. The van der Waals surface area contributed by atoms with E-state index in [-0.39, 0.29) is 0 Å². The molecule has 0 saturated carbocycles. The molecule has 0 aromatic rings. The van der Waals surface area contributed by atoms with Crippen LogP contribution in [0.3, 0.4) is 0 Å². The molecule has 1 unspecified atom stereocenters. The number of ether oxygens (including phenoxy) is 2. The van der Waals surface area contributed by atoms with Gasteiger partial charge in [-0.2, -0.15) is 0 Å². The lowest BCUT2D eigenvalue weighted by Gasteiger charge is -2.24. The minimum absolute atomic E-state index is 0.570. The van der Waals surface area contributed by atoms with Gasteiger partial charge in [-0.1, -0.05) is 0 Å². The highest BCUT2D eigenvalue weighted by Crippen LogP contribution is 2.05. The quantitative estimate of drug-likeness (QED) is 0.623. The smallest absolute Gasteiger partial charge is 0.0619 e. The fourth-order valence-electron chi connectivity index (χ4n) is 1.95. The molecule has 1 saturated heterocycles. The Kier molecular flexibility index (Phi) is 7.76. The molecule has 1 rings (SSSR count). The lowest BCUT2D eigenvalue weighted by atomic mass is 10.1. The molecule has 1 heterocycles. The van der Waals surface area contributed by atoms with Crippen LogP contribution >= 0.6 is 0 Å². The Morgan fingerprint density at radius 3 is 3.00 bits per heavy atom. The molecule has 1 aliphatic rings. The van der Waals surface area contributed by atoms with E-state index in [1.807, 2.05) is 0 Å². The molecule has 96 valence electrons. The van der Waals surface area contributed by atoms with E-state index in [0.29, 0.717) is 6.04 Å². The van der Waals surface area contributed by atoms with Crippen molar-refractivity contribution in [1.82, 2.24) is 10.2 Å². The average molecular weight is 230 g/mol. The first kappa shape index (κ1) is 13.9. The zero-order valence-corrected chi connectivity index (χ0v) is 10.7. The van der Waals surface area contributed by atoms with Gasteiger partial charge in [0.25, 0.3) is 0 Å². The highest BCUT2D eigenvalue weighted by molar-refractivity contribution is 4.70. The van der Waals surface area contributed by atoms with E-state index >= 15 is 0 Å². The van der Waals surface area contributed by atoms with Crippen molar-refractivity contribution in [2.75, 3.05) is 53.6 Å². The summed E-state index contributed by atoms with van der Waals surface area (Å²) in [5, 5.41) is 3.54. The standard InChI is InChI=1S/C12H26N2O2/c1-14(7-4-9-15-2)8-6-13-12-5-3-10-16-11-12/h12-13H,3-11H2,1-2H3. The van der Waals surface area contributed by atoms with Crippen molar-refractivity contribution in [3.05, 3.63) is 0 Å². The Balaban J connectivity index is 1.92. The molecule has 0 aromatic heterocycles. The summed E-state index contributed by atoms with van der Waals surface area (Å²) in [6, 6.07) is 0.570. The molecule has 0 amide bonds. The summed E-state index contributed by atoms with van der Waals surface area (Å²) in [5.41, 5.74) is 0. The average Bonchev–Trinajstić information content (AvgIpc) is 2.31. The van der Waals surface area contributed by atoms with Crippen LogP contribution in [-0.2, 0) is 9.47 Å². The summed E-state index contributed by atoms with van der Waals surface area (Å²) < 4.78 is 10.5. The molecule has 4 heteroatoms. The van der Waals surface area contributed by atoms with Crippen molar-refractivity contribution >= 4 is 0 Å². The van der Waals surface area contributed by atoms with Gasteiger partial charge in [0.1, 0.15) is 0 Å². The molecule has 0 aromatic carbocycles. The van der Waals surface area contributed by atoms with Gasteiger partial charge in [0.2, 0.25) is 0 Å². The molecule has 1 atom stereocenters. The molecule has 0 bridgehead atoms. The Hall–Kier alpha value is -0.160. The predicted molar refractivity (Wildman–Crippen MR) is 65.8 cm³/mol. The maximum atomic E-state index is 5.43. The van der Waals surface area contributed by atoms with E-state index in [4.69, 9.17) is 9.47 Å². The number of nitrogens with zero attached hydrogens (tertiary/aromatic N) is 1. The zero-order chi connectivity index (χ0) is 11.6. The zero-order valence-electron chi connectivity index (χ0n) is 10.7. The van der Waals surface area contributed by atoms with Crippen molar-refractivity contribution in [2.24, 2.45) is 0 Å². The summed E-state index contributed by atoms with van der Waals surface area (Å²) in [5.74, 6) is 0. The first-order chi connectivity index (χ1) is 7.83. The minimum Gasteiger partial charge on any atom is -0.385 e. The van der Waals surface area contributed by atoms with Crippen molar-refractivity contribution in [3.63, 3.8) is 0 Å². The lowest BCUT2D eigenvalue weighted by Crippen LogP contribution is -2.40. The number of nitrogens with one attached hydrogen (secondary N) is 1. The van der Waals surface area contributed by atoms with E-state index in [2.05, 4.69) is 17.3 Å². The monoisotopic (exact) mass is 230 g/mol. The predicted octanol–water partition coefficient (Wildman–Crippen LogP) is 0.723. The van der Waals surface area contributed by atoms with Crippen molar-refractivity contribution < 1.29 is 9.47 Å². The highest BCUT2D eigenvalue weighted by atomic mass is 16.5. The third-order valence-corrected chi connectivity index (χ3v) is 2.98. The summed E-state index contributed by atoms with van der Waals surface area (Å²) in [6.07, 6.45) is 3.56. The third-order valence-electron chi connectivity index (χ3n) is 2.98. The summed E-state index contributed by atoms with van der Waals surface area (Å²) in [7, 11) is 3.92. The van der Waals surface area contributed by atoms with Gasteiger partial charge >= 0.3 is 0 Å². The molecule has 16 heavy (non-hydrogen) atoms. The number of hydrogen-bond acceptors (Lipinski definition) is 4. The lowest BCUT2D eigenvalue weighted by molar-refractivity contribution is 0.0697. The van der Waals surface area contributed by atoms with Gasteiger partial charge in [0.15, 0.2) is 0 Å². The van der Waals surface area contributed by atoms with Crippen molar-refractivity contribution in [2.45, 2.75) is 25.3 Å². The highest BCUT2D eigenvalue weighted by Gasteiger charge is 2.12. The van der Waals surface area contributed by atoms with E-state index in [1.54, 1.807) is 7.11 Å². The Labute approximate surface area is 99.3 Å². The van der Waals surface area contributed by atoms with Gasteiger partial charge < -0.3 is 19.7 Å². The van der Waals surface area contributed by atoms with Crippen LogP contribution in [0, 0.1) is 0 Å². The SMILES string of the molecule is COCCCN(C)CCNC1CCCOC1. The first-order valence-electron chi connectivity index (χ1n) is 6.31. The van der Waals surface area contributed by atoms with Crippen LogP contribution in [0.2, 0.25) is 0 Å². The molecule has 0 radical (unpaired) electrons. The molecule has 0 spiro atoms. The van der Waals surface area contributed by atoms with Crippen LogP contribution in [0.5, 0.6) is 0 Å². The Morgan fingerprint density at radius 2 is 2.31 bits per heavy atom. The Morgan fingerprint density at radius 1 is 1.44 bits per heavy atom. The topological polar surface area (TPSA) is 33.7 Å². The van der Waals surface area contributed by atoms with Crippen LogP contribution < -0.4 is 5.32 Å². The molecule has 1 N–H and O–H groups in total. The van der Waals surface area contributed by atoms with Gasteiger partial charge in [-0.3, -0.25) is 0 Å². The Bertz CT molecular complexity index is 161. The van der Waals surface area contributed by atoms with E-state index in [1.165, 1.54) is 12.8 Å². The number of methoxy groups -OCH3 is 1. The van der Waals surface area contributed by atoms with Crippen LogP contribution in [0.1, 0.15) is 19.3 Å². The summed E-state index contributed by atoms with van der Waals surface area (Å²) in [6.45, 7) is 5.94. The largest absolute Gasteiger partial charge is 0.385 e. The molecule has 1 aliphatic heterocycles. The normalized spacial score (nSPS) is 21.6. The number of likely N-dealkylation sites (N-methyl/N-ethyl adjacent to an activating group) is 1. The van der Waals surface area contributed by atoms with Crippen LogP contribution in [0.25, 0.3) is 0 Å². The van der Waals surface area contributed by atoms with Gasteiger partial charge in [-0.15, -0.1) is 0 Å². The van der Waals surface area contributed by atoms with E-state index in [9.17, 15) is 0 Å². The molecular weight excluding hydrogens is 204 g/mol. The van der Waals surface area contributed by atoms with Crippen molar-refractivity contribution in [3.8, 4) is 0 Å². The van der Waals surface area contributed by atoms with Gasteiger partial charge in [0, 0.05) is 46.0 Å². The van der Waals surface area contributed by atoms with Crippen LogP contribution in [0.15, 0.2) is 0 Å². The molecule has 4 nitrogen and oxygen atoms in total. The second kappa shape index (κ2) is 8.93. The molecule has 1 fully saturated rings. The third kappa shape index (κ3) is 6.43. The number of hydrogen-bond donors (Lipinski definition) is 1.